The van der Waals surface area contributed by atoms with Crippen molar-refractivity contribution in [1.82, 2.24) is 0 Å². The maximum atomic E-state index is 12.8. The first-order valence-corrected chi connectivity index (χ1v) is 8.59. The molecule has 0 radical (unpaired) electrons. The van der Waals surface area contributed by atoms with E-state index in [9.17, 15) is 8.78 Å². The number of halogens is 2. The number of hydrogen-bond acceptors (Lipinski definition) is 0. The van der Waals surface area contributed by atoms with Crippen LogP contribution < -0.4 is 0 Å². The van der Waals surface area contributed by atoms with E-state index in [1.165, 1.54) is 56.4 Å². The van der Waals surface area contributed by atoms with Crippen molar-refractivity contribution in [2.24, 2.45) is 0 Å². The summed E-state index contributed by atoms with van der Waals surface area (Å²) in [6.45, 7) is 6.51. The molecule has 0 amide bonds. The van der Waals surface area contributed by atoms with Gasteiger partial charge in [-0.2, -0.15) is 0 Å². The second-order valence-electron chi connectivity index (χ2n) is 5.89. The highest BCUT2D eigenvalue weighted by atomic mass is 19.1. The molecule has 0 bridgehead atoms. The van der Waals surface area contributed by atoms with E-state index in [-0.39, 0.29) is 17.6 Å². The molecule has 0 aliphatic carbocycles. The summed E-state index contributed by atoms with van der Waals surface area (Å²) in [5.41, 5.74) is 2.04. The average molecular weight is 318 g/mol. The normalized spacial score (nSPS) is 10.3. The molecular weight excluding hydrogens is 290 g/mol. The van der Waals surface area contributed by atoms with E-state index in [4.69, 9.17) is 0 Å². The molecule has 0 fully saturated rings. The van der Waals surface area contributed by atoms with Gasteiger partial charge in [0.1, 0.15) is 11.6 Å². The third kappa shape index (κ3) is 7.40. The molecule has 0 aliphatic heterocycles. The summed E-state index contributed by atoms with van der Waals surface area (Å²) in [7, 11) is 0. The van der Waals surface area contributed by atoms with Gasteiger partial charge in [-0.1, -0.05) is 77.1 Å². The minimum atomic E-state index is -0.241. The molecule has 0 unspecified atom stereocenters. The Balaban J connectivity index is 0.000000322. The molecule has 2 rings (SSSR count). The van der Waals surface area contributed by atoms with Gasteiger partial charge >= 0.3 is 0 Å². The molecule has 0 saturated heterocycles. The fourth-order valence-corrected chi connectivity index (χ4v) is 2.37. The van der Waals surface area contributed by atoms with Crippen LogP contribution in [0.4, 0.5) is 8.78 Å². The lowest BCUT2D eigenvalue weighted by Crippen LogP contribution is -1.96. The topological polar surface area (TPSA) is 0 Å². The van der Waals surface area contributed by atoms with E-state index in [1.807, 2.05) is 6.92 Å². The summed E-state index contributed by atoms with van der Waals surface area (Å²) >= 11 is 0. The van der Waals surface area contributed by atoms with Crippen LogP contribution in [0.2, 0.25) is 0 Å². The van der Waals surface area contributed by atoms with Crippen LogP contribution >= 0.6 is 0 Å². The van der Waals surface area contributed by atoms with Crippen LogP contribution in [0.15, 0.2) is 48.5 Å². The molecule has 0 saturated carbocycles. The van der Waals surface area contributed by atoms with Gasteiger partial charge in [-0.25, -0.2) is 8.78 Å². The zero-order valence-electron chi connectivity index (χ0n) is 14.5. The molecule has 126 valence electrons. The van der Waals surface area contributed by atoms with Gasteiger partial charge in [-0.3, -0.25) is 0 Å². The largest absolute Gasteiger partial charge is 0.207 e. The number of rotatable bonds is 6. The Bertz CT molecular complexity index is 479. The lowest BCUT2D eigenvalue weighted by molar-refractivity contribution is 0.625. The summed E-state index contributed by atoms with van der Waals surface area (Å²) in [5.74, 6) is -0.341. The van der Waals surface area contributed by atoms with E-state index in [0.717, 1.165) is 11.1 Å². The van der Waals surface area contributed by atoms with Crippen molar-refractivity contribution < 1.29 is 8.78 Å². The van der Waals surface area contributed by atoms with Gasteiger partial charge in [-0.05, 0) is 35.4 Å². The zero-order valence-corrected chi connectivity index (χ0v) is 14.5. The third-order valence-corrected chi connectivity index (χ3v) is 3.95. The molecule has 2 aromatic rings. The first-order valence-electron chi connectivity index (χ1n) is 8.59. The fourth-order valence-electron chi connectivity index (χ4n) is 2.37. The predicted molar refractivity (Wildman–Crippen MR) is 94.8 cm³/mol. The first-order chi connectivity index (χ1) is 11.1. The van der Waals surface area contributed by atoms with Gasteiger partial charge in [-0.15, -0.1) is 0 Å². The number of benzene rings is 2. The van der Waals surface area contributed by atoms with Crippen molar-refractivity contribution in [3.8, 4) is 0 Å². The molecule has 0 heterocycles. The van der Waals surface area contributed by atoms with Gasteiger partial charge in [0.2, 0.25) is 0 Å². The molecule has 2 heteroatoms. The van der Waals surface area contributed by atoms with E-state index in [1.54, 1.807) is 24.3 Å². The summed E-state index contributed by atoms with van der Waals surface area (Å²) in [6.07, 6.45) is 7.01. The monoisotopic (exact) mass is 318 g/mol. The number of unbranched alkanes of at least 4 members (excludes halogenated alkanes) is 4. The van der Waals surface area contributed by atoms with Crippen LogP contribution in [0, 0.1) is 11.6 Å². The summed E-state index contributed by atoms with van der Waals surface area (Å²) < 4.78 is 25.5. The van der Waals surface area contributed by atoms with Crippen molar-refractivity contribution in [1.29, 1.82) is 0 Å². The summed E-state index contributed by atoms with van der Waals surface area (Å²) in [4.78, 5) is 0. The predicted octanol–water partition coefficient (Wildman–Crippen LogP) is 7.09. The van der Waals surface area contributed by atoms with Crippen molar-refractivity contribution in [3.05, 3.63) is 71.3 Å². The minimum absolute atomic E-state index is 0.140. The Morgan fingerprint density at radius 1 is 0.652 bits per heavy atom. The Hall–Kier alpha value is -1.70. The van der Waals surface area contributed by atoms with Crippen molar-refractivity contribution in [2.75, 3.05) is 0 Å². The highest BCUT2D eigenvalue weighted by molar-refractivity contribution is 5.31. The van der Waals surface area contributed by atoms with Crippen LogP contribution in [0.1, 0.15) is 69.9 Å². The van der Waals surface area contributed by atoms with Gasteiger partial charge in [0.05, 0.1) is 0 Å². The minimum Gasteiger partial charge on any atom is -0.207 e. The fraction of sp³-hybridized carbons (Fsp3) is 0.429. The van der Waals surface area contributed by atoms with Crippen molar-refractivity contribution >= 4 is 0 Å². The summed E-state index contributed by atoms with van der Waals surface area (Å²) in [6, 6.07) is 12.8. The first kappa shape index (κ1) is 19.3. The van der Waals surface area contributed by atoms with Gasteiger partial charge in [0.15, 0.2) is 0 Å². The van der Waals surface area contributed by atoms with E-state index in [0.29, 0.717) is 0 Å². The van der Waals surface area contributed by atoms with Gasteiger partial charge < -0.3 is 0 Å². The Morgan fingerprint density at radius 2 is 1.00 bits per heavy atom. The lowest BCUT2D eigenvalue weighted by atomic mass is 9.93. The van der Waals surface area contributed by atoms with Crippen molar-refractivity contribution in [3.63, 3.8) is 0 Å². The molecule has 0 aromatic heterocycles. The second-order valence-corrected chi connectivity index (χ2v) is 5.89. The van der Waals surface area contributed by atoms with Crippen molar-refractivity contribution in [2.45, 2.75) is 58.8 Å². The SMILES string of the molecule is CC(c1ccc(F)cc1)c1ccc(F)cc1.CCCCCCC. The van der Waals surface area contributed by atoms with E-state index < -0.39 is 0 Å². The van der Waals surface area contributed by atoms with Crippen LogP contribution in [-0.2, 0) is 0 Å². The molecule has 0 N–H and O–H groups in total. The molecule has 2 aromatic carbocycles. The summed E-state index contributed by atoms with van der Waals surface area (Å²) in [5, 5.41) is 0. The molecule has 0 nitrogen and oxygen atoms in total. The molecule has 0 aliphatic rings. The Kier molecular flexibility index (Phi) is 9.20. The Morgan fingerprint density at radius 3 is 1.30 bits per heavy atom. The highest BCUT2D eigenvalue weighted by Crippen LogP contribution is 2.24. The van der Waals surface area contributed by atoms with Crippen LogP contribution in [0.3, 0.4) is 0 Å². The van der Waals surface area contributed by atoms with E-state index in [2.05, 4.69) is 13.8 Å². The van der Waals surface area contributed by atoms with Crippen LogP contribution in [0.5, 0.6) is 0 Å². The van der Waals surface area contributed by atoms with Crippen LogP contribution in [0.25, 0.3) is 0 Å². The van der Waals surface area contributed by atoms with Crippen LogP contribution in [-0.4, -0.2) is 0 Å². The maximum absolute atomic E-state index is 12.8. The molecular formula is C21H28F2. The molecule has 0 spiro atoms. The van der Waals surface area contributed by atoms with E-state index >= 15 is 0 Å². The second kappa shape index (κ2) is 10.9. The lowest BCUT2D eigenvalue weighted by Gasteiger charge is -2.12. The number of hydrogen-bond donors (Lipinski definition) is 0. The molecule has 23 heavy (non-hydrogen) atoms. The van der Waals surface area contributed by atoms with Gasteiger partial charge in [0.25, 0.3) is 0 Å². The average Bonchev–Trinajstić information content (AvgIpc) is 2.57. The zero-order chi connectivity index (χ0) is 17.1. The quantitative estimate of drug-likeness (QED) is 0.498. The Labute approximate surface area is 139 Å². The standard InChI is InChI=1S/C14H12F2.C7H16/c1-10(11-2-6-13(15)7-3-11)12-4-8-14(16)9-5-12;1-3-5-7-6-4-2/h2-10H,1H3;3-7H2,1-2H3. The maximum Gasteiger partial charge on any atom is 0.123 e. The van der Waals surface area contributed by atoms with Gasteiger partial charge in [0, 0.05) is 5.92 Å². The third-order valence-electron chi connectivity index (χ3n) is 3.95. The highest BCUT2D eigenvalue weighted by Gasteiger charge is 2.08. The smallest absolute Gasteiger partial charge is 0.123 e. The molecule has 0 atom stereocenters.